The maximum absolute atomic E-state index is 5.11. The van der Waals surface area contributed by atoms with Crippen LogP contribution in [0.5, 0.6) is 5.88 Å². The lowest BCUT2D eigenvalue weighted by molar-refractivity contribution is 0.395. The number of rotatable bonds is 5. The molecule has 0 spiro atoms. The summed E-state index contributed by atoms with van der Waals surface area (Å²) in [6.07, 6.45) is 0.813. The zero-order valence-electron chi connectivity index (χ0n) is 9.87. The molecular weight excluding hydrogens is 190 g/mol. The largest absolute Gasteiger partial charge is 0.481 e. The van der Waals surface area contributed by atoms with E-state index in [1.165, 1.54) is 0 Å². The van der Waals surface area contributed by atoms with Crippen LogP contribution in [-0.4, -0.2) is 23.6 Å². The number of nitrogens with zero attached hydrogens (tertiary/aromatic N) is 2. The van der Waals surface area contributed by atoms with Gasteiger partial charge in [0.25, 0.3) is 0 Å². The van der Waals surface area contributed by atoms with Crippen LogP contribution in [0.25, 0.3) is 0 Å². The summed E-state index contributed by atoms with van der Waals surface area (Å²) in [4.78, 5) is 8.59. The van der Waals surface area contributed by atoms with Crippen LogP contribution in [-0.2, 0) is 6.42 Å². The average Bonchev–Trinajstić information content (AvgIpc) is 2.25. The van der Waals surface area contributed by atoms with Gasteiger partial charge in [0.2, 0.25) is 5.88 Å². The second kappa shape index (κ2) is 5.53. The fraction of sp³-hybridized carbons (Fsp3) is 0.636. The van der Waals surface area contributed by atoms with E-state index in [-0.39, 0.29) is 0 Å². The highest BCUT2D eigenvalue weighted by atomic mass is 16.5. The van der Waals surface area contributed by atoms with E-state index in [1.807, 2.05) is 13.0 Å². The van der Waals surface area contributed by atoms with Crippen molar-refractivity contribution < 1.29 is 4.74 Å². The SMILES string of the molecule is CCc1nc(NCC(C)C)cc(OC)n1. The summed E-state index contributed by atoms with van der Waals surface area (Å²) >= 11 is 0. The monoisotopic (exact) mass is 209 g/mol. The summed E-state index contributed by atoms with van der Waals surface area (Å²) in [6, 6.07) is 1.82. The van der Waals surface area contributed by atoms with Gasteiger partial charge in [0.15, 0.2) is 0 Å². The lowest BCUT2D eigenvalue weighted by atomic mass is 10.2. The summed E-state index contributed by atoms with van der Waals surface area (Å²) in [5, 5.41) is 3.26. The molecule has 0 fully saturated rings. The van der Waals surface area contributed by atoms with Gasteiger partial charge < -0.3 is 10.1 Å². The number of aromatic nitrogens is 2. The number of methoxy groups -OCH3 is 1. The third-order valence-electron chi connectivity index (χ3n) is 1.97. The van der Waals surface area contributed by atoms with Crippen LogP contribution >= 0.6 is 0 Å². The first-order chi connectivity index (χ1) is 7.15. The molecule has 0 aliphatic rings. The van der Waals surface area contributed by atoms with Crippen molar-refractivity contribution >= 4 is 5.82 Å². The second-order valence-corrected chi connectivity index (χ2v) is 3.84. The Labute approximate surface area is 91.1 Å². The standard InChI is InChI=1S/C11H19N3O/c1-5-9-13-10(12-7-8(2)3)6-11(14-9)15-4/h6,8H,5,7H2,1-4H3,(H,12,13,14). The minimum absolute atomic E-state index is 0.594. The molecule has 1 rings (SSSR count). The van der Waals surface area contributed by atoms with Crippen LogP contribution in [0.3, 0.4) is 0 Å². The van der Waals surface area contributed by atoms with Crippen LogP contribution in [0, 0.1) is 5.92 Å². The topological polar surface area (TPSA) is 47.0 Å². The molecule has 0 aromatic carbocycles. The molecule has 0 aliphatic carbocycles. The van der Waals surface area contributed by atoms with E-state index < -0.39 is 0 Å². The summed E-state index contributed by atoms with van der Waals surface area (Å²) in [5.41, 5.74) is 0. The van der Waals surface area contributed by atoms with Crippen molar-refractivity contribution in [3.8, 4) is 5.88 Å². The van der Waals surface area contributed by atoms with Crippen molar-refractivity contribution in [2.75, 3.05) is 19.0 Å². The number of ether oxygens (including phenoxy) is 1. The van der Waals surface area contributed by atoms with Gasteiger partial charge in [0, 0.05) is 19.0 Å². The maximum Gasteiger partial charge on any atom is 0.218 e. The Hall–Kier alpha value is -1.32. The van der Waals surface area contributed by atoms with E-state index in [0.717, 1.165) is 24.6 Å². The number of aryl methyl sites for hydroxylation is 1. The lowest BCUT2D eigenvalue weighted by Gasteiger charge is -2.10. The van der Waals surface area contributed by atoms with E-state index >= 15 is 0 Å². The van der Waals surface area contributed by atoms with Gasteiger partial charge in [-0.15, -0.1) is 0 Å². The zero-order valence-corrected chi connectivity index (χ0v) is 9.87. The number of nitrogens with one attached hydrogen (secondary N) is 1. The van der Waals surface area contributed by atoms with Crippen LogP contribution in [0.1, 0.15) is 26.6 Å². The molecule has 0 radical (unpaired) electrons. The Morgan fingerprint density at radius 2 is 2.13 bits per heavy atom. The smallest absolute Gasteiger partial charge is 0.218 e. The molecule has 4 nitrogen and oxygen atoms in total. The molecule has 1 aromatic heterocycles. The summed E-state index contributed by atoms with van der Waals surface area (Å²) < 4.78 is 5.11. The minimum atomic E-state index is 0.594. The second-order valence-electron chi connectivity index (χ2n) is 3.84. The molecule has 4 heteroatoms. The highest BCUT2D eigenvalue weighted by Crippen LogP contribution is 2.13. The van der Waals surface area contributed by atoms with Crippen LogP contribution in [0.2, 0.25) is 0 Å². The van der Waals surface area contributed by atoms with Gasteiger partial charge >= 0.3 is 0 Å². The highest BCUT2D eigenvalue weighted by Gasteiger charge is 2.03. The van der Waals surface area contributed by atoms with E-state index in [9.17, 15) is 0 Å². The van der Waals surface area contributed by atoms with Crippen molar-refractivity contribution in [3.05, 3.63) is 11.9 Å². The van der Waals surface area contributed by atoms with Crippen molar-refractivity contribution in [3.63, 3.8) is 0 Å². The van der Waals surface area contributed by atoms with Gasteiger partial charge in [-0.1, -0.05) is 20.8 Å². The fourth-order valence-corrected chi connectivity index (χ4v) is 1.13. The Bertz CT molecular complexity index is 290. The van der Waals surface area contributed by atoms with Crippen molar-refractivity contribution in [1.29, 1.82) is 0 Å². The molecule has 1 N–H and O–H groups in total. The third kappa shape index (κ3) is 3.73. The predicted molar refractivity (Wildman–Crippen MR) is 61.3 cm³/mol. The highest BCUT2D eigenvalue weighted by molar-refractivity contribution is 5.38. The molecule has 0 bridgehead atoms. The molecule has 15 heavy (non-hydrogen) atoms. The van der Waals surface area contributed by atoms with Gasteiger partial charge in [-0.05, 0) is 5.92 Å². The molecule has 0 saturated carbocycles. The van der Waals surface area contributed by atoms with Gasteiger partial charge in [0.05, 0.1) is 7.11 Å². The number of hydrogen-bond acceptors (Lipinski definition) is 4. The van der Waals surface area contributed by atoms with Crippen LogP contribution in [0.15, 0.2) is 6.07 Å². The Kier molecular flexibility index (Phi) is 4.34. The number of hydrogen-bond donors (Lipinski definition) is 1. The van der Waals surface area contributed by atoms with Crippen molar-refractivity contribution in [2.45, 2.75) is 27.2 Å². The first kappa shape index (κ1) is 11.8. The predicted octanol–water partition coefficient (Wildman–Crippen LogP) is 2.12. The van der Waals surface area contributed by atoms with E-state index in [1.54, 1.807) is 7.11 Å². The fourth-order valence-electron chi connectivity index (χ4n) is 1.13. The van der Waals surface area contributed by atoms with E-state index in [0.29, 0.717) is 11.8 Å². The minimum Gasteiger partial charge on any atom is -0.481 e. The molecule has 0 saturated heterocycles. The first-order valence-corrected chi connectivity index (χ1v) is 5.31. The molecule has 84 valence electrons. The Morgan fingerprint density at radius 1 is 1.40 bits per heavy atom. The van der Waals surface area contributed by atoms with Gasteiger partial charge in [-0.2, -0.15) is 4.98 Å². The molecule has 1 heterocycles. The normalized spacial score (nSPS) is 10.5. The third-order valence-corrected chi connectivity index (χ3v) is 1.97. The van der Waals surface area contributed by atoms with Crippen molar-refractivity contribution in [1.82, 2.24) is 9.97 Å². The Balaban J connectivity index is 2.77. The van der Waals surface area contributed by atoms with E-state index in [4.69, 9.17) is 4.74 Å². The first-order valence-electron chi connectivity index (χ1n) is 5.31. The van der Waals surface area contributed by atoms with Crippen molar-refractivity contribution in [2.24, 2.45) is 5.92 Å². The molecule has 0 atom stereocenters. The summed E-state index contributed by atoms with van der Waals surface area (Å²) in [7, 11) is 1.62. The molecule has 1 aromatic rings. The quantitative estimate of drug-likeness (QED) is 0.807. The Morgan fingerprint density at radius 3 is 2.67 bits per heavy atom. The molecule has 0 unspecified atom stereocenters. The molecule has 0 aliphatic heterocycles. The zero-order chi connectivity index (χ0) is 11.3. The molecule has 0 amide bonds. The average molecular weight is 209 g/mol. The van der Waals surface area contributed by atoms with Crippen LogP contribution in [0.4, 0.5) is 5.82 Å². The van der Waals surface area contributed by atoms with Gasteiger partial charge in [0.1, 0.15) is 11.6 Å². The maximum atomic E-state index is 5.11. The molecular formula is C11H19N3O. The van der Waals surface area contributed by atoms with Gasteiger partial charge in [-0.25, -0.2) is 4.98 Å². The van der Waals surface area contributed by atoms with E-state index in [2.05, 4.69) is 29.1 Å². The number of anilines is 1. The lowest BCUT2D eigenvalue weighted by Crippen LogP contribution is -2.10. The van der Waals surface area contributed by atoms with Gasteiger partial charge in [-0.3, -0.25) is 0 Å². The summed E-state index contributed by atoms with van der Waals surface area (Å²) in [6.45, 7) is 7.25. The van der Waals surface area contributed by atoms with Crippen LogP contribution < -0.4 is 10.1 Å². The summed E-state index contributed by atoms with van der Waals surface area (Å²) in [5.74, 6) is 2.86.